The van der Waals surface area contributed by atoms with Crippen molar-refractivity contribution in [2.45, 2.75) is 14.0 Å². The van der Waals surface area contributed by atoms with Crippen LogP contribution in [0.5, 0.6) is 11.5 Å². The molecule has 0 spiro atoms. The molecule has 0 aliphatic heterocycles. The zero-order chi connectivity index (χ0) is 10.5. The Morgan fingerprint density at radius 3 is 2.38 bits per heavy atom. The average Bonchev–Trinajstić information content (AvgIpc) is 2.28. The van der Waals surface area contributed by atoms with Crippen molar-refractivity contribution >= 4 is 0 Å². The van der Waals surface area contributed by atoms with Crippen LogP contribution in [-0.2, 0) is 6.61 Å². The van der Waals surface area contributed by atoms with Gasteiger partial charge in [-0.05, 0) is 17.7 Å². The first-order valence-electron chi connectivity index (χ1n) is 4.80. The maximum Gasteiger partial charge on any atom is 0.123 e. The van der Waals surface area contributed by atoms with Crippen molar-refractivity contribution in [3.8, 4) is 11.5 Å². The van der Waals surface area contributed by atoms with Gasteiger partial charge in [0.15, 0.2) is 0 Å². The Hall–Kier alpha value is -1.96. The molecule has 0 saturated heterocycles. The number of rotatable bonds is 3. The van der Waals surface area contributed by atoms with Gasteiger partial charge in [-0.3, -0.25) is 0 Å². The van der Waals surface area contributed by atoms with Crippen molar-refractivity contribution in [3.63, 3.8) is 0 Å². The molecule has 2 rings (SSSR count). The van der Waals surface area contributed by atoms with E-state index in [9.17, 15) is 5.11 Å². The van der Waals surface area contributed by atoms with Gasteiger partial charge in [-0.2, -0.15) is 0 Å². The van der Waals surface area contributed by atoms with Crippen molar-refractivity contribution in [2.75, 3.05) is 0 Å². The molecule has 2 nitrogen and oxygen atoms in total. The number of hydrogen-bond donors (Lipinski definition) is 1. The molecule has 0 radical (unpaired) electrons. The highest BCUT2D eigenvalue weighted by atomic mass is 16.5. The highest BCUT2D eigenvalue weighted by Crippen LogP contribution is 2.18. The average molecular weight is 216 g/mol. The van der Waals surface area contributed by atoms with Crippen LogP contribution in [0.15, 0.2) is 54.6 Å². The van der Waals surface area contributed by atoms with Crippen LogP contribution >= 0.6 is 0 Å². The third kappa shape index (κ3) is 3.31. The molecule has 0 saturated carbocycles. The van der Waals surface area contributed by atoms with Crippen LogP contribution in [0.3, 0.4) is 0 Å². The van der Waals surface area contributed by atoms with Crippen LogP contribution in [0.1, 0.15) is 13.0 Å². The van der Waals surface area contributed by atoms with E-state index in [0.717, 1.165) is 5.56 Å². The molecule has 0 atom stereocenters. The molecular weight excluding hydrogens is 200 g/mol. The summed E-state index contributed by atoms with van der Waals surface area (Å²) >= 11 is 0. The summed E-state index contributed by atoms with van der Waals surface area (Å²) in [5.41, 5.74) is 1.11. The van der Waals surface area contributed by atoms with Crippen LogP contribution in [0.2, 0.25) is 0 Å². The second kappa shape index (κ2) is 5.81. The highest BCUT2D eigenvalue weighted by molar-refractivity contribution is 5.32. The van der Waals surface area contributed by atoms with Gasteiger partial charge in [-0.15, -0.1) is 0 Å². The van der Waals surface area contributed by atoms with Crippen molar-refractivity contribution < 1.29 is 9.84 Å². The number of hydrogen-bond acceptors (Lipinski definition) is 2. The second-order valence-electron chi connectivity index (χ2n) is 3.27. The summed E-state index contributed by atoms with van der Waals surface area (Å²) in [6.07, 6.45) is 0. The van der Waals surface area contributed by atoms with E-state index in [4.69, 9.17) is 4.74 Å². The Balaban J connectivity index is 0.00000128. The molecule has 16 heavy (non-hydrogen) atoms. The smallest absolute Gasteiger partial charge is 0.123 e. The molecule has 0 aromatic heterocycles. The molecule has 84 valence electrons. The SMILES string of the molecule is C.Oc1cccc(OCc2ccccc2)c1. The van der Waals surface area contributed by atoms with Crippen LogP contribution < -0.4 is 4.74 Å². The molecular formula is C14H16O2. The van der Waals surface area contributed by atoms with Crippen LogP contribution in [0, 0.1) is 0 Å². The quantitative estimate of drug-likeness (QED) is 0.849. The monoisotopic (exact) mass is 216 g/mol. The first kappa shape index (κ1) is 12.1. The lowest BCUT2D eigenvalue weighted by Gasteiger charge is -2.05. The number of ether oxygens (including phenoxy) is 1. The van der Waals surface area contributed by atoms with Crippen molar-refractivity contribution in [1.29, 1.82) is 0 Å². The predicted molar refractivity (Wildman–Crippen MR) is 65.6 cm³/mol. The fourth-order valence-corrected chi connectivity index (χ4v) is 1.31. The van der Waals surface area contributed by atoms with E-state index < -0.39 is 0 Å². The Labute approximate surface area is 96.1 Å². The zero-order valence-corrected chi connectivity index (χ0v) is 8.26. The normalized spacial score (nSPS) is 9.25. The summed E-state index contributed by atoms with van der Waals surface area (Å²) in [6, 6.07) is 16.7. The van der Waals surface area contributed by atoms with Crippen LogP contribution in [0.4, 0.5) is 0 Å². The minimum Gasteiger partial charge on any atom is -0.508 e. The van der Waals surface area contributed by atoms with Gasteiger partial charge in [0.1, 0.15) is 18.1 Å². The minimum atomic E-state index is 0. The topological polar surface area (TPSA) is 29.5 Å². The summed E-state index contributed by atoms with van der Waals surface area (Å²) in [7, 11) is 0. The third-order valence-corrected chi connectivity index (χ3v) is 2.07. The summed E-state index contributed by atoms with van der Waals surface area (Å²) in [4.78, 5) is 0. The van der Waals surface area contributed by atoms with E-state index in [-0.39, 0.29) is 13.2 Å². The summed E-state index contributed by atoms with van der Waals surface area (Å²) < 4.78 is 5.51. The van der Waals surface area contributed by atoms with Crippen molar-refractivity contribution in [3.05, 3.63) is 60.2 Å². The van der Waals surface area contributed by atoms with E-state index >= 15 is 0 Å². The summed E-state index contributed by atoms with van der Waals surface area (Å²) in [5, 5.41) is 9.23. The third-order valence-electron chi connectivity index (χ3n) is 2.07. The molecule has 2 heteroatoms. The Bertz CT molecular complexity index is 424. The minimum absolute atomic E-state index is 0. The van der Waals surface area contributed by atoms with Gasteiger partial charge in [0.05, 0.1) is 0 Å². The molecule has 1 N–H and O–H groups in total. The Kier molecular flexibility index (Phi) is 4.40. The van der Waals surface area contributed by atoms with Gasteiger partial charge in [0.25, 0.3) is 0 Å². The van der Waals surface area contributed by atoms with E-state index in [1.165, 1.54) is 0 Å². The Morgan fingerprint density at radius 2 is 1.69 bits per heavy atom. The first-order valence-corrected chi connectivity index (χ1v) is 4.80. The Morgan fingerprint density at radius 1 is 0.938 bits per heavy atom. The van der Waals surface area contributed by atoms with Gasteiger partial charge in [0, 0.05) is 6.07 Å². The number of aromatic hydroxyl groups is 1. The largest absolute Gasteiger partial charge is 0.508 e. The van der Waals surface area contributed by atoms with Gasteiger partial charge >= 0.3 is 0 Å². The lowest BCUT2D eigenvalue weighted by molar-refractivity contribution is 0.304. The predicted octanol–water partition coefficient (Wildman–Crippen LogP) is 3.61. The molecule has 2 aromatic carbocycles. The molecule has 0 heterocycles. The molecule has 0 bridgehead atoms. The standard InChI is InChI=1S/C13H12O2.CH4/c14-12-7-4-8-13(9-12)15-10-11-5-2-1-3-6-11;/h1-9,14H,10H2;1H4. The zero-order valence-electron chi connectivity index (χ0n) is 8.26. The van der Waals surface area contributed by atoms with Gasteiger partial charge < -0.3 is 9.84 Å². The van der Waals surface area contributed by atoms with Gasteiger partial charge in [-0.25, -0.2) is 0 Å². The maximum atomic E-state index is 9.23. The molecule has 0 aliphatic rings. The van der Waals surface area contributed by atoms with Crippen LogP contribution in [0.25, 0.3) is 0 Å². The van der Waals surface area contributed by atoms with Crippen molar-refractivity contribution in [2.24, 2.45) is 0 Å². The van der Waals surface area contributed by atoms with E-state index in [1.807, 2.05) is 36.4 Å². The van der Waals surface area contributed by atoms with Crippen LogP contribution in [-0.4, -0.2) is 5.11 Å². The van der Waals surface area contributed by atoms with E-state index in [1.54, 1.807) is 18.2 Å². The first-order chi connectivity index (χ1) is 7.34. The second-order valence-corrected chi connectivity index (χ2v) is 3.27. The maximum absolute atomic E-state index is 9.23. The molecule has 0 fully saturated rings. The number of phenols is 1. The van der Waals surface area contributed by atoms with Crippen molar-refractivity contribution in [1.82, 2.24) is 0 Å². The number of benzene rings is 2. The lowest BCUT2D eigenvalue weighted by atomic mass is 10.2. The molecule has 2 aromatic rings. The molecule has 0 unspecified atom stereocenters. The fourth-order valence-electron chi connectivity index (χ4n) is 1.31. The molecule has 0 aliphatic carbocycles. The fraction of sp³-hybridized carbons (Fsp3) is 0.143. The lowest BCUT2D eigenvalue weighted by Crippen LogP contribution is -1.94. The van der Waals surface area contributed by atoms with E-state index in [2.05, 4.69) is 0 Å². The van der Waals surface area contributed by atoms with Gasteiger partial charge in [0.2, 0.25) is 0 Å². The van der Waals surface area contributed by atoms with Gasteiger partial charge in [-0.1, -0.05) is 43.8 Å². The van der Waals surface area contributed by atoms with E-state index in [0.29, 0.717) is 12.4 Å². The number of phenolic OH excluding ortho intramolecular Hbond substituents is 1. The highest BCUT2D eigenvalue weighted by Gasteiger charge is 1.95. The molecule has 0 amide bonds. The summed E-state index contributed by atoms with van der Waals surface area (Å²) in [5.74, 6) is 0.902. The summed E-state index contributed by atoms with van der Waals surface area (Å²) in [6.45, 7) is 0.518.